The number of carbonyl (C=O) groups is 1. The Balaban J connectivity index is 1.41. The number of ketones is 1. The molecule has 0 amide bonds. The molecule has 0 saturated heterocycles. The highest BCUT2D eigenvalue weighted by atomic mass is 16.5. The lowest BCUT2D eigenvalue weighted by Gasteiger charge is -2.38. The monoisotopic (exact) mass is 382 g/mol. The van der Waals surface area contributed by atoms with Crippen molar-refractivity contribution >= 4 is 5.78 Å². The van der Waals surface area contributed by atoms with Crippen LogP contribution in [0.5, 0.6) is 5.75 Å². The number of ether oxygens (including phenoxy) is 1. The third-order valence-corrected chi connectivity index (χ3v) is 7.22. The molecule has 0 atom stereocenters. The third-order valence-electron chi connectivity index (χ3n) is 7.22. The van der Waals surface area contributed by atoms with Crippen molar-refractivity contribution in [1.29, 1.82) is 0 Å². The van der Waals surface area contributed by atoms with Crippen LogP contribution in [0.3, 0.4) is 0 Å². The van der Waals surface area contributed by atoms with Crippen LogP contribution < -0.4 is 4.74 Å². The van der Waals surface area contributed by atoms with Crippen molar-refractivity contribution in [2.75, 3.05) is 6.61 Å². The zero-order chi connectivity index (χ0) is 19.8. The summed E-state index contributed by atoms with van der Waals surface area (Å²) in [7, 11) is 0. The number of benzene rings is 1. The molecule has 0 aliphatic heterocycles. The van der Waals surface area contributed by atoms with Crippen LogP contribution in [0.25, 0.3) is 0 Å². The van der Waals surface area contributed by atoms with E-state index < -0.39 is 0 Å². The second-order valence-corrected chi connectivity index (χ2v) is 9.02. The van der Waals surface area contributed by atoms with Crippen LogP contribution in [-0.2, 0) is 4.79 Å². The molecule has 28 heavy (non-hydrogen) atoms. The third kappa shape index (κ3) is 5.96. The van der Waals surface area contributed by atoms with Gasteiger partial charge in [0.1, 0.15) is 5.75 Å². The molecule has 0 N–H and O–H groups in total. The SMILES string of the molecule is C=CC(=O)CCOc1ccc(C2CCC(C3CCC(CCC)CC3)CC2)cc1. The summed E-state index contributed by atoms with van der Waals surface area (Å²) in [6.45, 7) is 6.25. The minimum atomic E-state index is 0.0345. The molecule has 2 aliphatic carbocycles. The largest absolute Gasteiger partial charge is 0.493 e. The van der Waals surface area contributed by atoms with Gasteiger partial charge in [-0.2, -0.15) is 0 Å². The van der Waals surface area contributed by atoms with Gasteiger partial charge >= 0.3 is 0 Å². The lowest BCUT2D eigenvalue weighted by molar-refractivity contribution is -0.115. The maximum Gasteiger partial charge on any atom is 0.158 e. The van der Waals surface area contributed by atoms with E-state index in [4.69, 9.17) is 4.74 Å². The Morgan fingerprint density at radius 3 is 2.18 bits per heavy atom. The van der Waals surface area contributed by atoms with Crippen LogP contribution in [0.2, 0.25) is 0 Å². The molecule has 0 bridgehead atoms. The van der Waals surface area contributed by atoms with Crippen molar-refractivity contribution in [3.8, 4) is 5.75 Å². The molecule has 3 rings (SSSR count). The summed E-state index contributed by atoms with van der Waals surface area (Å²) in [6.07, 6.45) is 16.0. The van der Waals surface area contributed by atoms with Crippen molar-refractivity contribution in [3.63, 3.8) is 0 Å². The fraction of sp³-hybridized carbons (Fsp3) is 0.654. The van der Waals surface area contributed by atoms with Gasteiger partial charge in [0.15, 0.2) is 5.78 Å². The van der Waals surface area contributed by atoms with Crippen LogP contribution >= 0.6 is 0 Å². The molecule has 2 fully saturated rings. The average Bonchev–Trinajstić information content (AvgIpc) is 2.75. The van der Waals surface area contributed by atoms with Gasteiger partial charge in [0.25, 0.3) is 0 Å². The van der Waals surface area contributed by atoms with Crippen LogP contribution in [0.15, 0.2) is 36.9 Å². The van der Waals surface area contributed by atoms with Gasteiger partial charge in [0, 0.05) is 6.42 Å². The maximum absolute atomic E-state index is 11.3. The number of rotatable bonds is 9. The Labute approximate surface area is 171 Å². The molecule has 1 aromatic carbocycles. The van der Waals surface area contributed by atoms with Gasteiger partial charge in [-0.05, 0) is 86.0 Å². The highest BCUT2D eigenvalue weighted by Gasteiger charge is 2.31. The Morgan fingerprint density at radius 1 is 1.00 bits per heavy atom. The molecule has 0 aromatic heterocycles. The van der Waals surface area contributed by atoms with Crippen LogP contribution in [-0.4, -0.2) is 12.4 Å². The zero-order valence-corrected chi connectivity index (χ0v) is 17.7. The molecule has 0 unspecified atom stereocenters. The van der Waals surface area contributed by atoms with E-state index in [1.165, 1.54) is 75.8 Å². The predicted molar refractivity (Wildman–Crippen MR) is 117 cm³/mol. The van der Waals surface area contributed by atoms with E-state index in [1.54, 1.807) is 0 Å². The van der Waals surface area contributed by atoms with Gasteiger partial charge in [0.05, 0.1) is 6.61 Å². The number of hydrogen-bond donors (Lipinski definition) is 0. The first kappa shape index (κ1) is 21.1. The molecule has 2 aliphatic rings. The number of carbonyl (C=O) groups excluding carboxylic acids is 1. The molecular formula is C26H38O2. The van der Waals surface area contributed by atoms with Gasteiger partial charge in [-0.25, -0.2) is 0 Å². The number of allylic oxidation sites excluding steroid dienone is 1. The Bertz CT molecular complexity index is 602. The molecular weight excluding hydrogens is 344 g/mol. The first-order valence-electron chi connectivity index (χ1n) is 11.6. The van der Waals surface area contributed by atoms with Crippen LogP contribution in [0.4, 0.5) is 0 Å². The topological polar surface area (TPSA) is 26.3 Å². The molecule has 0 heterocycles. The second kappa shape index (κ2) is 10.8. The van der Waals surface area contributed by atoms with Crippen molar-refractivity contribution < 1.29 is 9.53 Å². The van der Waals surface area contributed by atoms with E-state index in [9.17, 15) is 4.79 Å². The van der Waals surface area contributed by atoms with Crippen molar-refractivity contribution in [1.82, 2.24) is 0 Å². The fourth-order valence-electron chi connectivity index (χ4n) is 5.49. The molecule has 1 aromatic rings. The smallest absolute Gasteiger partial charge is 0.158 e. The van der Waals surface area contributed by atoms with E-state index >= 15 is 0 Å². The summed E-state index contributed by atoms with van der Waals surface area (Å²) in [5, 5.41) is 0. The molecule has 2 heteroatoms. The first-order chi connectivity index (χ1) is 13.7. The van der Waals surface area contributed by atoms with Crippen LogP contribution in [0, 0.1) is 17.8 Å². The quantitative estimate of drug-likeness (QED) is 0.426. The first-order valence-corrected chi connectivity index (χ1v) is 11.6. The van der Waals surface area contributed by atoms with E-state index in [0.717, 1.165) is 23.5 Å². The van der Waals surface area contributed by atoms with Gasteiger partial charge in [-0.3, -0.25) is 4.79 Å². The summed E-state index contributed by atoms with van der Waals surface area (Å²) in [5.41, 5.74) is 1.46. The highest BCUT2D eigenvalue weighted by molar-refractivity contribution is 5.89. The van der Waals surface area contributed by atoms with E-state index in [2.05, 4.69) is 37.8 Å². The predicted octanol–water partition coefficient (Wildman–Crippen LogP) is 7.09. The van der Waals surface area contributed by atoms with Gasteiger partial charge in [-0.1, -0.05) is 51.3 Å². The minimum Gasteiger partial charge on any atom is -0.493 e. The van der Waals surface area contributed by atoms with E-state index in [0.29, 0.717) is 18.9 Å². The molecule has 2 saturated carbocycles. The van der Waals surface area contributed by atoms with Gasteiger partial charge in [0.2, 0.25) is 0 Å². The Morgan fingerprint density at radius 2 is 1.61 bits per heavy atom. The molecule has 0 radical (unpaired) electrons. The highest BCUT2D eigenvalue weighted by Crippen LogP contribution is 2.44. The molecule has 2 nitrogen and oxygen atoms in total. The van der Waals surface area contributed by atoms with E-state index in [-0.39, 0.29) is 5.78 Å². The summed E-state index contributed by atoms with van der Waals surface area (Å²) < 4.78 is 5.67. The lowest BCUT2D eigenvalue weighted by Crippen LogP contribution is -2.25. The van der Waals surface area contributed by atoms with Crippen molar-refractivity contribution in [2.45, 2.75) is 83.5 Å². The second-order valence-electron chi connectivity index (χ2n) is 9.02. The standard InChI is InChI=1S/C26H38O2/c1-3-5-20-6-8-21(9-7-20)22-10-12-23(13-11-22)24-14-16-26(17-15-24)28-19-18-25(27)4-2/h4,14-17,20-23H,2-3,5-13,18-19H2,1H3. The minimum absolute atomic E-state index is 0.0345. The fourth-order valence-corrected chi connectivity index (χ4v) is 5.49. The van der Waals surface area contributed by atoms with Crippen molar-refractivity contribution in [2.24, 2.45) is 17.8 Å². The normalized spacial score (nSPS) is 27.9. The summed E-state index contributed by atoms with van der Waals surface area (Å²) in [4.78, 5) is 11.3. The number of hydrogen-bond acceptors (Lipinski definition) is 2. The van der Waals surface area contributed by atoms with Gasteiger partial charge < -0.3 is 4.74 Å². The average molecular weight is 383 g/mol. The lowest BCUT2D eigenvalue weighted by atomic mass is 9.68. The summed E-state index contributed by atoms with van der Waals surface area (Å²) in [5.74, 6) is 4.61. The Kier molecular flexibility index (Phi) is 8.18. The van der Waals surface area contributed by atoms with Crippen molar-refractivity contribution in [3.05, 3.63) is 42.5 Å². The maximum atomic E-state index is 11.3. The van der Waals surface area contributed by atoms with Gasteiger partial charge in [-0.15, -0.1) is 0 Å². The van der Waals surface area contributed by atoms with E-state index in [1.807, 2.05) is 0 Å². The molecule has 154 valence electrons. The Hall–Kier alpha value is -1.57. The summed E-state index contributed by atoms with van der Waals surface area (Å²) in [6, 6.07) is 8.58. The van der Waals surface area contributed by atoms with Crippen LogP contribution in [0.1, 0.15) is 89.0 Å². The summed E-state index contributed by atoms with van der Waals surface area (Å²) >= 11 is 0. The molecule has 0 spiro atoms. The zero-order valence-electron chi connectivity index (χ0n) is 17.7.